The summed E-state index contributed by atoms with van der Waals surface area (Å²) in [6.07, 6.45) is 0.435. The molecule has 2 aromatic rings. The maximum atomic E-state index is 12.7. The van der Waals surface area contributed by atoms with Crippen LogP contribution in [0.2, 0.25) is 0 Å². The summed E-state index contributed by atoms with van der Waals surface area (Å²) >= 11 is 1.67. The van der Waals surface area contributed by atoms with Crippen molar-refractivity contribution in [2.45, 2.75) is 32.9 Å². The Balaban J connectivity index is 1.64. The molecule has 130 valence electrons. The monoisotopic (exact) mass is 352 g/mol. The number of amidine groups is 1. The first-order chi connectivity index (χ1) is 12.0. The number of carbonyl (C=O) groups excluding carboxylic acids is 1. The average molecular weight is 353 g/mol. The quantitative estimate of drug-likeness (QED) is 0.822. The molecule has 0 spiro atoms. The van der Waals surface area contributed by atoms with E-state index in [1.54, 1.807) is 11.8 Å². The summed E-state index contributed by atoms with van der Waals surface area (Å²) in [6, 6.07) is 14.7. The number of aryl methyl sites for hydroxylation is 3. The van der Waals surface area contributed by atoms with E-state index in [4.69, 9.17) is 0 Å². The van der Waals surface area contributed by atoms with Crippen molar-refractivity contribution in [3.8, 4) is 0 Å². The summed E-state index contributed by atoms with van der Waals surface area (Å²) in [5.41, 5.74) is 6.11. The third-order valence-corrected chi connectivity index (χ3v) is 5.46. The van der Waals surface area contributed by atoms with Gasteiger partial charge in [-0.25, -0.2) is 0 Å². The van der Waals surface area contributed by atoms with Crippen molar-refractivity contribution >= 4 is 22.8 Å². The van der Waals surface area contributed by atoms with Crippen LogP contribution in [-0.2, 0) is 17.0 Å². The number of hydrogen-bond donors (Lipinski definition) is 0. The third-order valence-electron chi connectivity index (χ3n) is 4.40. The van der Waals surface area contributed by atoms with E-state index in [9.17, 15) is 4.79 Å². The molecular weight excluding hydrogens is 328 g/mol. The fourth-order valence-corrected chi connectivity index (χ4v) is 4.10. The van der Waals surface area contributed by atoms with E-state index >= 15 is 0 Å². The number of nitrogens with zero attached hydrogens (tertiary/aromatic N) is 2. The number of amides is 1. The van der Waals surface area contributed by atoms with E-state index < -0.39 is 0 Å². The topological polar surface area (TPSA) is 32.7 Å². The van der Waals surface area contributed by atoms with E-state index in [2.05, 4.69) is 56.1 Å². The summed E-state index contributed by atoms with van der Waals surface area (Å²) in [5, 5.41) is 0.860. The first-order valence-electron chi connectivity index (χ1n) is 8.62. The van der Waals surface area contributed by atoms with Gasteiger partial charge in [0.2, 0.25) is 5.91 Å². The molecule has 0 aromatic heterocycles. The molecule has 0 atom stereocenters. The first-order valence-corrected chi connectivity index (χ1v) is 9.61. The number of thioether (sulfide) groups is 1. The van der Waals surface area contributed by atoms with Crippen LogP contribution < -0.4 is 0 Å². The second kappa shape index (κ2) is 7.87. The molecular formula is C21H24N2OS. The zero-order chi connectivity index (χ0) is 17.8. The van der Waals surface area contributed by atoms with Crippen molar-refractivity contribution in [3.05, 3.63) is 70.3 Å². The average Bonchev–Trinajstić information content (AvgIpc) is 3.04. The second-order valence-corrected chi connectivity index (χ2v) is 7.54. The molecule has 3 rings (SSSR count). The Bertz CT molecular complexity index is 813. The Labute approximate surface area is 154 Å². The first kappa shape index (κ1) is 17.7. The summed E-state index contributed by atoms with van der Waals surface area (Å²) < 4.78 is 0. The molecule has 25 heavy (non-hydrogen) atoms. The van der Waals surface area contributed by atoms with E-state index in [1.165, 1.54) is 22.3 Å². The van der Waals surface area contributed by atoms with Crippen LogP contribution in [-0.4, -0.2) is 29.1 Å². The molecule has 4 heteroatoms. The SMILES string of the molecule is Cc1cccc(CC(=O)N2CCN=C2SCc2cc(C)ccc2C)c1. The van der Waals surface area contributed by atoms with E-state index in [1.807, 2.05) is 17.0 Å². The molecule has 3 nitrogen and oxygen atoms in total. The van der Waals surface area contributed by atoms with Crippen molar-refractivity contribution in [1.29, 1.82) is 0 Å². The van der Waals surface area contributed by atoms with E-state index in [0.717, 1.165) is 16.5 Å². The van der Waals surface area contributed by atoms with Crippen molar-refractivity contribution in [1.82, 2.24) is 4.90 Å². The van der Waals surface area contributed by atoms with Gasteiger partial charge in [-0.3, -0.25) is 14.7 Å². The molecule has 1 aliphatic heterocycles. The maximum Gasteiger partial charge on any atom is 0.233 e. The molecule has 0 aliphatic carbocycles. The number of hydrogen-bond acceptors (Lipinski definition) is 3. The van der Waals surface area contributed by atoms with Gasteiger partial charge in [0.15, 0.2) is 5.17 Å². The van der Waals surface area contributed by atoms with Gasteiger partial charge in [-0.15, -0.1) is 0 Å². The summed E-state index contributed by atoms with van der Waals surface area (Å²) in [4.78, 5) is 19.1. The zero-order valence-corrected chi connectivity index (χ0v) is 15.9. The number of aliphatic imine (C=N–C) groups is 1. The highest BCUT2D eigenvalue weighted by Crippen LogP contribution is 2.23. The fraction of sp³-hybridized carbons (Fsp3) is 0.333. The molecule has 2 aromatic carbocycles. The molecule has 0 N–H and O–H groups in total. The number of rotatable bonds is 4. The van der Waals surface area contributed by atoms with E-state index in [-0.39, 0.29) is 5.91 Å². The van der Waals surface area contributed by atoms with Crippen molar-refractivity contribution in [3.63, 3.8) is 0 Å². The van der Waals surface area contributed by atoms with Crippen LogP contribution in [0.25, 0.3) is 0 Å². The van der Waals surface area contributed by atoms with Crippen molar-refractivity contribution in [2.75, 3.05) is 13.1 Å². The van der Waals surface area contributed by atoms with Crippen LogP contribution in [0, 0.1) is 20.8 Å². The predicted octanol–water partition coefficient (Wildman–Crippen LogP) is 4.29. The minimum atomic E-state index is 0.135. The van der Waals surface area contributed by atoms with E-state index in [0.29, 0.717) is 19.5 Å². The second-order valence-electron chi connectivity index (χ2n) is 6.59. The summed E-state index contributed by atoms with van der Waals surface area (Å²) in [7, 11) is 0. The number of benzene rings is 2. The molecule has 0 saturated carbocycles. The lowest BCUT2D eigenvalue weighted by Gasteiger charge is -2.18. The molecule has 0 fully saturated rings. The standard InChI is InChI=1S/C21H24N2OS/c1-15-5-4-6-18(11-15)13-20(24)23-10-9-22-21(23)25-14-19-12-16(2)7-8-17(19)3/h4-8,11-12H,9-10,13-14H2,1-3H3. The van der Waals surface area contributed by atoms with Crippen LogP contribution in [0.4, 0.5) is 0 Å². The zero-order valence-electron chi connectivity index (χ0n) is 15.1. The van der Waals surface area contributed by atoms with Gasteiger partial charge in [-0.2, -0.15) is 0 Å². The predicted molar refractivity (Wildman–Crippen MR) is 106 cm³/mol. The molecule has 1 amide bonds. The molecule has 0 unspecified atom stereocenters. The highest BCUT2D eigenvalue weighted by atomic mass is 32.2. The summed E-state index contributed by atoms with van der Waals surface area (Å²) in [5.74, 6) is 0.982. The highest BCUT2D eigenvalue weighted by molar-refractivity contribution is 8.13. The van der Waals surface area contributed by atoms with Gasteiger partial charge in [0.05, 0.1) is 13.0 Å². The van der Waals surface area contributed by atoms with Gasteiger partial charge in [-0.05, 0) is 37.5 Å². The molecule has 1 aliphatic rings. The van der Waals surface area contributed by atoms with Crippen molar-refractivity contribution < 1.29 is 4.79 Å². The largest absolute Gasteiger partial charge is 0.289 e. The normalized spacial score (nSPS) is 13.9. The Morgan fingerprint density at radius 2 is 1.92 bits per heavy atom. The maximum absolute atomic E-state index is 12.7. The molecule has 1 heterocycles. The Kier molecular flexibility index (Phi) is 5.59. The van der Waals surface area contributed by atoms with Gasteiger partial charge in [0, 0.05) is 12.3 Å². The lowest BCUT2D eigenvalue weighted by Crippen LogP contribution is -2.34. The fourth-order valence-electron chi connectivity index (χ4n) is 2.97. The Hall–Kier alpha value is -2.07. The minimum absolute atomic E-state index is 0.135. The Morgan fingerprint density at radius 1 is 1.12 bits per heavy atom. The van der Waals surface area contributed by atoms with Gasteiger partial charge in [0.25, 0.3) is 0 Å². The number of carbonyl (C=O) groups is 1. The van der Waals surface area contributed by atoms with Crippen LogP contribution in [0.1, 0.15) is 27.8 Å². The van der Waals surface area contributed by atoms with Gasteiger partial charge in [0.1, 0.15) is 0 Å². The van der Waals surface area contributed by atoms with Crippen LogP contribution in [0.5, 0.6) is 0 Å². The molecule has 0 saturated heterocycles. The van der Waals surface area contributed by atoms with Gasteiger partial charge >= 0.3 is 0 Å². The van der Waals surface area contributed by atoms with Crippen LogP contribution >= 0.6 is 11.8 Å². The van der Waals surface area contributed by atoms with Crippen molar-refractivity contribution in [2.24, 2.45) is 4.99 Å². The molecule has 0 radical (unpaired) electrons. The van der Waals surface area contributed by atoms with Crippen LogP contribution in [0.15, 0.2) is 47.5 Å². The minimum Gasteiger partial charge on any atom is -0.289 e. The Morgan fingerprint density at radius 3 is 2.72 bits per heavy atom. The van der Waals surface area contributed by atoms with Gasteiger partial charge < -0.3 is 0 Å². The lowest BCUT2D eigenvalue weighted by molar-refractivity contribution is -0.126. The smallest absolute Gasteiger partial charge is 0.233 e. The lowest BCUT2D eigenvalue weighted by atomic mass is 10.1. The van der Waals surface area contributed by atoms with Gasteiger partial charge in [-0.1, -0.05) is 65.4 Å². The summed E-state index contributed by atoms with van der Waals surface area (Å²) in [6.45, 7) is 7.69. The molecule has 0 bridgehead atoms. The van der Waals surface area contributed by atoms with Crippen LogP contribution in [0.3, 0.4) is 0 Å². The highest BCUT2D eigenvalue weighted by Gasteiger charge is 2.24. The third kappa shape index (κ3) is 4.51.